The van der Waals surface area contributed by atoms with Gasteiger partial charge >= 0.3 is 15.2 Å². The average molecular weight is 666 g/mol. The summed E-state index contributed by atoms with van der Waals surface area (Å²) in [7, 11) is -4.90. The van der Waals surface area contributed by atoms with Gasteiger partial charge < -0.3 is 32.1 Å². The molecule has 0 aliphatic rings. The highest BCUT2D eigenvalue weighted by Crippen LogP contribution is 2.80. The number of benzene rings is 2. The maximum Gasteiger partial charge on any atom is 0.349 e. The smallest absolute Gasteiger partial charge is 0.349 e. The van der Waals surface area contributed by atoms with Crippen LogP contribution in [0.1, 0.15) is 80.7 Å². The highest BCUT2D eigenvalue weighted by atomic mass is 31.2. The third kappa shape index (κ3) is 8.25. The third-order valence-electron chi connectivity index (χ3n) is 7.50. The Balaban J connectivity index is 2.19. The number of aromatic nitrogens is 1. The zero-order valence-electron chi connectivity index (χ0n) is 29.1. The van der Waals surface area contributed by atoms with Gasteiger partial charge in [0.05, 0.1) is 49.8 Å². The number of methoxy groups -OCH3 is 2. The van der Waals surface area contributed by atoms with E-state index in [4.69, 9.17) is 27.6 Å². The predicted molar refractivity (Wildman–Crippen MR) is 183 cm³/mol. The molecular weight excluding hydrogens is 612 g/mol. The molecule has 0 bridgehead atoms. The van der Waals surface area contributed by atoms with Gasteiger partial charge in [-0.25, -0.2) is 0 Å². The second-order valence-electron chi connectivity index (χ2n) is 12.7. The van der Waals surface area contributed by atoms with E-state index in [1.165, 1.54) is 0 Å². The minimum absolute atomic E-state index is 0.186. The first-order valence-corrected chi connectivity index (χ1v) is 18.8. The second kappa shape index (κ2) is 15.2. The minimum atomic E-state index is -4.10. The fourth-order valence-electron chi connectivity index (χ4n) is 5.59. The van der Waals surface area contributed by atoms with E-state index in [0.717, 1.165) is 39.2 Å². The molecule has 0 aliphatic carbocycles. The number of ether oxygens (including phenoxy) is 2. The Bertz CT molecular complexity index is 1440. The summed E-state index contributed by atoms with van der Waals surface area (Å²) < 4.78 is 67.6. The van der Waals surface area contributed by atoms with Crippen LogP contribution in [0.4, 0.5) is 0 Å². The minimum Gasteiger partial charge on any atom is -0.497 e. The molecule has 45 heavy (non-hydrogen) atoms. The van der Waals surface area contributed by atoms with Crippen LogP contribution < -0.4 is 9.47 Å². The molecule has 0 fully saturated rings. The third-order valence-corrected chi connectivity index (χ3v) is 14.6. The standard InChI is InChI=1S/C34H53NO8P2/c1-23(2)40-44(36,41-24(3)4)34(10,45(37,42-25(5)6)43-26(7)8)20-13-21-35-32-22-30(39-12)18-19-31(32)27(9)33(35)28-14-16-29(38-11)17-15-28/h14-19,22-26H,13,20-21H2,1-12H3. The largest absolute Gasteiger partial charge is 0.497 e. The number of rotatable bonds is 17. The molecule has 0 unspecified atom stereocenters. The lowest BCUT2D eigenvalue weighted by Crippen LogP contribution is -2.33. The zero-order valence-corrected chi connectivity index (χ0v) is 30.9. The van der Waals surface area contributed by atoms with E-state index in [0.29, 0.717) is 13.0 Å². The summed E-state index contributed by atoms with van der Waals surface area (Å²) in [5.41, 5.74) is 4.19. The van der Waals surface area contributed by atoms with Crippen LogP contribution in [0.15, 0.2) is 42.5 Å². The molecule has 0 radical (unpaired) electrons. The van der Waals surface area contributed by atoms with E-state index in [9.17, 15) is 9.13 Å². The zero-order chi connectivity index (χ0) is 33.7. The molecule has 0 atom stereocenters. The van der Waals surface area contributed by atoms with E-state index < -0.39 is 44.5 Å². The Morgan fingerprint density at radius 1 is 0.711 bits per heavy atom. The molecular formula is C34H53NO8P2. The second-order valence-corrected chi connectivity index (χ2v) is 17.8. The van der Waals surface area contributed by atoms with E-state index in [2.05, 4.69) is 17.6 Å². The van der Waals surface area contributed by atoms with Crippen LogP contribution in [0.25, 0.3) is 22.2 Å². The van der Waals surface area contributed by atoms with Crippen molar-refractivity contribution in [1.82, 2.24) is 4.57 Å². The molecule has 0 aliphatic heterocycles. The first-order chi connectivity index (χ1) is 21.0. The molecule has 0 saturated carbocycles. The van der Waals surface area contributed by atoms with Crippen molar-refractivity contribution in [3.05, 3.63) is 48.0 Å². The van der Waals surface area contributed by atoms with Gasteiger partial charge in [0.15, 0.2) is 4.90 Å². The van der Waals surface area contributed by atoms with Gasteiger partial charge in [-0.3, -0.25) is 9.13 Å². The fourth-order valence-corrected chi connectivity index (χ4v) is 11.5. The molecule has 3 aromatic rings. The van der Waals surface area contributed by atoms with Crippen molar-refractivity contribution in [1.29, 1.82) is 0 Å². The molecule has 0 saturated heterocycles. The highest BCUT2D eigenvalue weighted by molar-refractivity contribution is 7.74. The molecule has 2 aromatic carbocycles. The molecule has 1 heterocycles. The normalized spacial score (nSPS) is 13.2. The van der Waals surface area contributed by atoms with Crippen molar-refractivity contribution in [3.63, 3.8) is 0 Å². The van der Waals surface area contributed by atoms with Gasteiger partial charge in [0, 0.05) is 18.0 Å². The molecule has 0 amide bonds. The SMILES string of the molecule is COc1ccc(-c2c(C)c3ccc(OC)cc3n2CCCC(C)(P(=O)(OC(C)C)OC(C)C)P(=O)(OC(C)C)OC(C)C)cc1. The van der Waals surface area contributed by atoms with E-state index in [1.807, 2.05) is 36.4 Å². The topological polar surface area (TPSA) is 94.5 Å². The van der Waals surface area contributed by atoms with E-state index in [-0.39, 0.29) is 6.42 Å². The van der Waals surface area contributed by atoms with Crippen molar-refractivity contribution in [2.45, 2.75) is 118 Å². The summed E-state index contributed by atoms with van der Waals surface area (Å²) in [6.07, 6.45) is -1.15. The van der Waals surface area contributed by atoms with Gasteiger partial charge in [-0.15, -0.1) is 0 Å². The highest BCUT2D eigenvalue weighted by Gasteiger charge is 2.63. The number of aryl methyl sites for hydroxylation is 2. The van der Waals surface area contributed by atoms with Gasteiger partial charge in [0.1, 0.15) is 11.5 Å². The molecule has 11 heteroatoms. The first-order valence-electron chi connectivity index (χ1n) is 15.8. The molecule has 9 nitrogen and oxygen atoms in total. The predicted octanol–water partition coefficient (Wildman–Crippen LogP) is 10.2. The Morgan fingerprint density at radius 2 is 1.16 bits per heavy atom. The monoisotopic (exact) mass is 665 g/mol. The average Bonchev–Trinajstić information content (AvgIpc) is 3.21. The summed E-state index contributed by atoms with van der Waals surface area (Å²) in [6, 6.07) is 14.0. The van der Waals surface area contributed by atoms with Crippen molar-refractivity contribution in [3.8, 4) is 22.8 Å². The summed E-state index contributed by atoms with van der Waals surface area (Å²) in [4.78, 5) is -1.60. The lowest BCUT2D eigenvalue weighted by Gasteiger charge is -2.42. The maximum absolute atomic E-state index is 14.9. The van der Waals surface area contributed by atoms with Gasteiger partial charge in [0.25, 0.3) is 0 Å². The Morgan fingerprint density at radius 3 is 1.58 bits per heavy atom. The molecule has 0 spiro atoms. The van der Waals surface area contributed by atoms with E-state index >= 15 is 0 Å². The van der Waals surface area contributed by atoms with Crippen LogP contribution in [0, 0.1) is 6.92 Å². The molecule has 1 aromatic heterocycles. The van der Waals surface area contributed by atoms with Gasteiger partial charge in [-0.05, 0) is 130 Å². The van der Waals surface area contributed by atoms with Crippen molar-refractivity contribution < 1.29 is 36.7 Å². The van der Waals surface area contributed by atoms with Crippen LogP contribution in [0.3, 0.4) is 0 Å². The first kappa shape index (κ1) is 37.3. The van der Waals surface area contributed by atoms with E-state index in [1.54, 1.807) is 76.5 Å². The summed E-state index contributed by atoms with van der Waals surface area (Å²) in [5, 5.41) is 1.10. The van der Waals surface area contributed by atoms with Crippen molar-refractivity contribution in [2.24, 2.45) is 0 Å². The Kier molecular flexibility index (Phi) is 12.6. The van der Waals surface area contributed by atoms with Crippen LogP contribution in [-0.4, -0.2) is 48.1 Å². The van der Waals surface area contributed by atoms with Gasteiger partial charge in [-0.2, -0.15) is 0 Å². The molecule has 0 N–H and O–H groups in total. The lowest BCUT2D eigenvalue weighted by atomic mass is 10.1. The molecule has 252 valence electrons. The Hall–Kier alpha value is -2.12. The fraction of sp³-hybridized carbons (Fsp3) is 0.588. The summed E-state index contributed by atoms with van der Waals surface area (Å²) in [6.45, 7) is 18.6. The lowest BCUT2D eigenvalue weighted by molar-refractivity contribution is 0.109. The summed E-state index contributed by atoms with van der Waals surface area (Å²) >= 11 is 0. The van der Waals surface area contributed by atoms with Gasteiger partial charge in [0.2, 0.25) is 0 Å². The number of hydrogen-bond acceptors (Lipinski definition) is 8. The van der Waals surface area contributed by atoms with Crippen molar-refractivity contribution in [2.75, 3.05) is 14.2 Å². The number of hydrogen-bond donors (Lipinski definition) is 0. The quantitative estimate of drug-likeness (QED) is 0.132. The summed E-state index contributed by atoms with van der Waals surface area (Å²) in [5.74, 6) is 1.52. The maximum atomic E-state index is 14.9. The Labute approximate surface area is 269 Å². The van der Waals surface area contributed by atoms with Crippen LogP contribution in [0.2, 0.25) is 0 Å². The van der Waals surface area contributed by atoms with Crippen LogP contribution in [0.5, 0.6) is 11.5 Å². The van der Waals surface area contributed by atoms with Crippen molar-refractivity contribution >= 4 is 26.1 Å². The molecule has 3 rings (SSSR count). The van der Waals surface area contributed by atoms with Crippen LogP contribution in [-0.2, 0) is 33.8 Å². The number of fused-ring (bicyclic) bond motifs is 1. The van der Waals surface area contributed by atoms with Gasteiger partial charge in [-0.1, -0.05) is 0 Å². The number of nitrogens with zero attached hydrogens (tertiary/aromatic N) is 1. The van der Waals surface area contributed by atoms with Crippen LogP contribution >= 0.6 is 15.2 Å².